The smallest absolute Gasteiger partial charge is 0.127 e. The van der Waals surface area contributed by atoms with Crippen LogP contribution in [0.2, 0.25) is 0 Å². The highest BCUT2D eigenvalue weighted by atomic mass is 15.2. The molecule has 0 rings (SSSR count). The van der Waals surface area contributed by atoms with E-state index in [0.29, 0.717) is 0 Å². The van der Waals surface area contributed by atoms with E-state index in [-0.39, 0.29) is 0 Å². The van der Waals surface area contributed by atoms with E-state index >= 15 is 0 Å². The van der Waals surface area contributed by atoms with Gasteiger partial charge in [-0.05, 0) is 52.0 Å². The zero-order chi connectivity index (χ0) is 14.0. The Balaban J connectivity index is 4.72. The highest BCUT2D eigenvalue weighted by Crippen LogP contribution is 2.15. The SMILES string of the molecule is C=N/C(=C\C=C(/C)C(=C)CCCC)N(CC)CC. The predicted octanol–water partition coefficient (Wildman–Crippen LogP) is 4.56. The van der Waals surface area contributed by atoms with E-state index in [0.717, 1.165) is 25.3 Å². The van der Waals surface area contributed by atoms with Gasteiger partial charge in [-0.1, -0.05) is 31.6 Å². The van der Waals surface area contributed by atoms with Crippen LogP contribution in [0, 0.1) is 0 Å². The molecule has 0 aliphatic rings. The van der Waals surface area contributed by atoms with E-state index in [2.05, 4.69) is 57.0 Å². The lowest BCUT2D eigenvalue weighted by atomic mass is 10.0. The highest BCUT2D eigenvalue weighted by Gasteiger charge is 2.01. The molecule has 0 atom stereocenters. The van der Waals surface area contributed by atoms with Gasteiger partial charge in [0, 0.05) is 13.1 Å². The summed E-state index contributed by atoms with van der Waals surface area (Å²) in [6, 6.07) is 0. The molecule has 0 amide bonds. The number of rotatable bonds is 9. The first kappa shape index (κ1) is 16.7. The van der Waals surface area contributed by atoms with Crippen molar-refractivity contribution >= 4 is 6.72 Å². The molecule has 0 unspecified atom stereocenters. The van der Waals surface area contributed by atoms with E-state index in [1.165, 1.54) is 24.0 Å². The lowest BCUT2D eigenvalue weighted by Crippen LogP contribution is -2.20. The van der Waals surface area contributed by atoms with Gasteiger partial charge in [-0.25, -0.2) is 4.99 Å². The van der Waals surface area contributed by atoms with Crippen molar-refractivity contribution in [2.45, 2.75) is 47.0 Å². The monoisotopic (exact) mass is 248 g/mol. The Kier molecular flexibility index (Phi) is 8.99. The molecular weight excluding hydrogens is 220 g/mol. The summed E-state index contributed by atoms with van der Waals surface area (Å²) < 4.78 is 0. The molecule has 0 radical (unpaired) electrons. The van der Waals surface area contributed by atoms with Gasteiger partial charge in [0.2, 0.25) is 0 Å². The summed E-state index contributed by atoms with van der Waals surface area (Å²) in [4.78, 5) is 6.27. The number of hydrogen-bond donors (Lipinski definition) is 0. The average molecular weight is 248 g/mol. The first-order valence-corrected chi connectivity index (χ1v) is 6.89. The largest absolute Gasteiger partial charge is 0.357 e. The zero-order valence-electron chi connectivity index (χ0n) is 12.5. The Morgan fingerprint density at radius 2 is 1.78 bits per heavy atom. The predicted molar refractivity (Wildman–Crippen MR) is 83.0 cm³/mol. The van der Waals surface area contributed by atoms with Gasteiger partial charge in [0.05, 0.1) is 0 Å². The summed E-state index contributed by atoms with van der Waals surface area (Å²) in [6.07, 6.45) is 7.62. The Labute approximate surface area is 113 Å². The number of unbranched alkanes of at least 4 members (excludes halogenated alkanes) is 1. The second-order valence-electron chi connectivity index (χ2n) is 4.41. The maximum Gasteiger partial charge on any atom is 0.127 e. The van der Waals surface area contributed by atoms with Crippen LogP contribution < -0.4 is 0 Å². The highest BCUT2D eigenvalue weighted by molar-refractivity contribution is 5.33. The average Bonchev–Trinajstić information content (AvgIpc) is 2.40. The Hall–Kier alpha value is -1.31. The molecule has 0 heterocycles. The number of nitrogens with zero attached hydrogens (tertiary/aromatic N) is 2. The summed E-state index contributed by atoms with van der Waals surface area (Å²) in [7, 11) is 0. The molecule has 0 saturated heterocycles. The van der Waals surface area contributed by atoms with Gasteiger partial charge in [0.1, 0.15) is 5.82 Å². The maximum atomic E-state index is 4.12. The molecule has 0 spiro atoms. The van der Waals surface area contributed by atoms with Crippen molar-refractivity contribution < 1.29 is 0 Å². The zero-order valence-corrected chi connectivity index (χ0v) is 12.5. The lowest BCUT2D eigenvalue weighted by Gasteiger charge is -2.20. The Bertz CT molecular complexity index is 320. The maximum absolute atomic E-state index is 4.12. The van der Waals surface area contributed by atoms with E-state index < -0.39 is 0 Å². The van der Waals surface area contributed by atoms with Crippen molar-refractivity contribution in [2.24, 2.45) is 4.99 Å². The molecule has 0 aromatic rings. The molecule has 102 valence electrons. The van der Waals surface area contributed by atoms with Gasteiger partial charge >= 0.3 is 0 Å². The lowest BCUT2D eigenvalue weighted by molar-refractivity contribution is 0.380. The Morgan fingerprint density at radius 3 is 2.22 bits per heavy atom. The van der Waals surface area contributed by atoms with Crippen LogP contribution in [0.4, 0.5) is 0 Å². The standard InChI is InChI=1S/C16H28N2/c1-7-10-11-14(4)15(5)12-13-16(17-6)18(8-2)9-3/h12-13H,4,6-11H2,1-3,5H3/b15-12+,16-13+. The second-order valence-corrected chi connectivity index (χ2v) is 4.41. The molecule has 0 aromatic heterocycles. The van der Waals surface area contributed by atoms with Gasteiger partial charge in [-0.3, -0.25) is 0 Å². The molecule has 0 bridgehead atoms. The second kappa shape index (κ2) is 9.69. The third kappa shape index (κ3) is 5.85. The molecule has 0 fully saturated rings. The van der Waals surface area contributed by atoms with Crippen LogP contribution in [0.25, 0.3) is 0 Å². The molecule has 2 heteroatoms. The molecule has 18 heavy (non-hydrogen) atoms. The summed E-state index contributed by atoms with van der Waals surface area (Å²) in [5.41, 5.74) is 2.45. The molecule has 0 aliphatic carbocycles. The van der Waals surface area contributed by atoms with Gasteiger partial charge in [-0.15, -0.1) is 0 Å². The number of allylic oxidation sites excluding steroid dienone is 4. The van der Waals surface area contributed by atoms with Crippen molar-refractivity contribution in [3.63, 3.8) is 0 Å². The minimum atomic E-state index is 0.933. The molecule has 0 N–H and O–H groups in total. The van der Waals surface area contributed by atoms with Crippen molar-refractivity contribution in [2.75, 3.05) is 13.1 Å². The first-order valence-electron chi connectivity index (χ1n) is 6.89. The van der Waals surface area contributed by atoms with Crippen LogP contribution in [0.15, 0.2) is 40.7 Å². The summed E-state index contributed by atoms with van der Waals surface area (Å²) in [6.45, 7) is 18.2. The normalized spacial score (nSPS) is 12.4. The van der Waals surface area contributed by atoms with E-state index in [9.17, 15) is 0 Å². The van der Waals surface area contributed by atoms with Crippen LogP contribution >= 0.6 is 0 Å². The van der Waals surface area contributed by atoms with E-state index in [1.54, 1.807) is 0 Å². The van der Waals surface area contributed by atoms with Gasteiger partial charge in [0.25, 0.3) is 0 Å². The molecular formula is C16H28N2. The van der Waals surface area contributed by atoms with Crippen molar-refractivity contribution in [1.82, 2.24) is 4.90 Å². The van der Waals surface area contributed by atoms with E-state index in [1.807, 2.05) is 6.08 Å². The molecule has 0 aromatic carbocycles. The van der Waals surface area contributed by atoms with Crippen molar-refractivity contribution in [3.05, 3.63) is 35.7 Å². The Morgan fingerprint density at radius 1 is 1.17 bits per heavy atom. The molecule has 0 aliphatic heterocycles. The first-order chi connectivity index (χ1) is 8.60. The fourth-order valence-corrected chi connectivity index (χ4v) is 1.71. The fraction of sp³-hybridized carbons (Fsp3) is 0.562. The number of aliphatic imine (C=N–C) groups is 1. The summed E-state index contributed by atoms with van der Waals surface area (Å²) in [5.74, 6) is 0.933. The van der Waals surface area contributed by atoms with Gasteiger partial charge in [-0.2, -0.15) is 0 Å². The minimum absolute atomic E-state index is 0.933. The van der Waals surface area contributed by atoms with Crippen molar-refractivity contribution in [3.8, 4) is 0 Å². The van der Waals surface area contributed by atoms with Crippen LogP contribution in [0.5, 0.6) is 0 Å². The molecule has 0 saturated carbocycles. The fourth-order valence-electron chi connectivity index (χ4n) is 1.71. The topological polar surface area (TPSA) is 15.6 Å². The van der Waals surface area contributed by atoms with Crippen LogP contribution in [0.3, 0.4) is 0 Å². The third-order valence-electron chi connectivity index (χ3n) is 3.12. The van der Waals surface area contributed by atoms with Gasteiger partial charge in [0.15, 0.2) is 0 Å². The van der Waals surface area contributed by atoms with Crippen LogP contribution in [-0.2, 0) is 0 Å². The van der Waals surface area contributed by atoms with Crippen LogP contribution in [-0.4, -0.2) is 24.7 Å². The minimum Gasteiger partial charge on any atom is -0.357 e. The quantitative estimate of drug-likeness (QED) is 0.431. The van der Waals surface area contributed by atoms with Gasteiger partial charge < -0.3 is 4.90 Å². The van der Waals surface area contributed by atoms with Crippen LogP contribution in [0.1, 0.15) is 47.0 Å². The molecule has 2 nitrogen and oxygen atoms in total. The summed E-state index contributed by atoms with van der Waals surface area (Å²) in [5, 5.41) is 0. The summed E-state index contributed by atoms with van der Waals surface area (Å²) >= 11 is 0. The van der Waals surface area contributed by atoms with E-state index in [4.69, 9.17) is 0 Å². The van der Waals surface area contributed by atoms with Crippen molar-refractivity contribution in [1.29, 1.82) is 0 Å². The third-order valence-corrected chi connectivity index (χ3v) is 3.12. The number of hydrogen-bond acceptors (Lipinski definition) is 2.